The molecule has 1 aliphatic rings. The fourth-order valence-corrected chi connectivity index (χ4v) is 5.32. The zero-order valence-corrected chi connectivity index (χ0v) is 19.1. The van der Waals surface area contributed by atoms with Gasteiger partial charge in [0.2, 0.25) is 10.0 Å². The third kappa shape index (κ3) is 8.04. The molecule has 1 fully saturated rings. The van der Waals surface area contributed by atoms with Crippen molar-refractivity contribution < 1.29 is 17.9 Å². The van der Waals surface area contributed by atoms with E-state index in [4.69, 9.17) is 9.47 Å². The van der Waals surface area contributed by atoms with Crippen molar-refractivity contribution in [2.45, 2.75) is 13.5 Å². The van der Waals surface area contributed by atoms with Crippen LogP contribution in [0.15, 0.2) is 23.2 Å². The number of aliphatic imine (C=N–C) groups is 1. The van der Waals surface area contributed by atoms with Crippen molar-refractivity contribution in [2.75, 3.05) is 64.3 Å². The molecule has 1 heterocycles. The SMILES string of the molecule is CN=C(NCCS(=O)(=O)N1CCSCC1)NCc1ccc(C)cc1OCCOC. The lowest BCUT2D eigenvalue weighted by Gasteiger charge is -2.25. The highest BCUT2D eigenvalue weighted by atomic mass is 32.2. The van der Waals surface area contributed by atoms with E-state index < -0.39 is 10.0 Å². The van der Waals surface area contributed by atoms with Crippen molar-refractivity contribution in [3.8, 4) is 5.75 Å². The first-order valence-electron chi connectivity index (χ1n) is 9.67. The molecular formula is C19H32N4O4S2. The molecule has 29 heavy (non-hydrogen) atoms. The Morgan fingerprint density at radius 1 is 1.24 bits per heavy atom. The van der Waals surface area contributed by atoms with Crippen LogP contribution in [0, 0.1) is 6.92 Å². The molecule has 2 rings (SSSR count). The molecule has 0 bridgehead atoms. The van der Waals surface area contributed by atoms with Gasteiger partial charge in [-0.2, -0.15) is 11.8 Å². The second-order valence-electron chi connectivity index (χ2n) is 6.63. The highest BCUT2D eigenvalue weighted by Gasteiger charge is 2.23. The zero-order valence-electron chi connectivity index (χ0n) is 17.4. The number of hydrogen-bond donors (Lipinski definition) is 2. The van der Waals surface area contributed by atoms with Crippen LogP contribution in [0.1, 0.15) is 11.1 Å². The molecule has 0 spiro atoms. The van der Waals surface area contributed by atoms with Gasteiger partial charge in [0.05, 0.1) is 12.4 Å². The van der Waals surface area contributed by atoms with E-state index in [0.717, 1.165) is 28.4 Å². The number of nitrogens with zero attached hydrogens (tertiary/aromatic N) is 2. The second-order valence-corrected chi connectivity index (χ2v) is 9.95. The van der Waals surface area contributed by atoms with Gasteiger partial charge in [-0.05, 0) is 18.6 Å². The lowest BCUT2D eigenvalue weighted by Crippen LogP contribution is -2.44. The fourth-order valence-electron chi connectivity index (χ4n) is 2.83. The summed E-state index contributed by atoms with van der Waals surface area (Å²) < 4.78 is 37.3. The first-order chi connectivity index (χ1) is 14.0. The molecule has 2 N–H and O–H groups in total. The predicted molar refractivity (Wildman–Crippen MR) is 119 cm³/mol. The number of sulfonamides is 1. The zero-order chi connectivity index (χ0) is 21.1. The van der Waals surface area contributed by atoms with E-state index in [1.807, 2.05) is 25.1 Å². The Morgan fingerprint density at radius 2 is 2.00 bits per heavy atom. The average Bonchev–Trinajstić information content (AvgIpc) is 2.72. The number of ether oxygens (including phenoxy) is 2. The van der Waals surface area contributed by atoms with Gasteiger partial charge in [-0.3, -0.25) is 4.99 Å². The van der Waals surface area contributed by atoms with Crippen molar-refractivity contribution in [1.29, 1.82) is 0 Å². The molecule has 1 saturated heterocycles. The molecule has 0 aliphatic carbocycles. The summed E-state index contributed by atoms with van der Waals surface area (Å²) in [7, 11) is 0.0688. The molecule has 0 atom stereocenters. The summed E-state index contributed by atoms with van der Waals surface area (Å²) in [6, 6.07) is 6.03. The Morgan fingerprint density at radius 3 is 2.69 bits per heavy atom. The van der Waals surface area contributed by atoms with Gasteiger partial charge in [0.25, 0.3) is 0 Å². The van der Waals surface area contributed by atoms with Gasteiger partial charge in [0, 0.05) is 57.4 Å². The minimum atomic E-state index is -3.24. The van der Waals surface area contributed by atoms with Crippen LogP contribution in [0.25, 0.3) is 0 Å². The number of rotatable bonds is 10. The number of benzene rings is 1. The summed E-state index contributed by atoms with van der Waals surface area (Å²) in [5.74, 6) is 3.13. The standard InChI is InChI=1S/C19H32N4O4S2/c1-16-4-5-17(18(14-16)27-10-9-26-3)15-22-19(20-2)21-6-13-29(24,25)23-7-11-28-12-8-23/h4-5,14H,6-13,15H2,1-3H3,(H2,20,21,22). The predicted octanol–water partition coefficient (Wildman–Crippen LogP) is 1.06. The Balaban J connectivity index is 1.84. The summed E-state index contributed by atoms with van der Waals surface area (Å²) in [5.41, 5.74) is 2.11. The highest BCUT2D eigenvalue weighted by molar-refractivity contribution is 7.99. The largest absolute Gasteiger partial charge is 0.491 e. The lowest BCUT2D eigenvalue weighted by molar-refractivity contribution is 0.145. The van der Waals surface area contributed by atoms with Gasteiger partial charge >= 0.3 is 0 Å². The molecule has 1 aromatic carbocycles. The van der Waals surface area contributed by atoms with Crippen LogP contribution < -0.4 is 15.4 Å². The molecule has 0 amide bonds. The maximum atomic E-state index is 12.4. The molecule has 0 radical (unpaired) electrons. The normalized spacial score (nSPS) is 15.9. The molecule has 8 nitrogen and oxygen atoms in total. The van der Waals surface area contributed by atoms with Crippen LogP contribution >= 0.6 is 11.8 Å². The van der Waals surface area contributed by atoms with Crippen molar-refractivity contribution >= 4 is 27.7 Å². The van der Waals surface area contributed by atoms with E-state index in [9.17, 15) is 8.42 Å². The van der Waals surface area contributed by atoms with Crippen LogP contribution in [-0.4, -0.2) is 82.9 Å². The number of thioether (sulfide) groups is 1. The average molecular weight is 445 g/mol. The van der Waals surface area contributed by atoms with E-state index in [0.29, 0.717) is 45.4 Å². The number of guanidine groups is 1. The van der Waals surface area contributed by atoms with E-state index in [1.165, 1.54) is 0 Å². The van der Waals surface area contributed by atoms with Crippen molar-refractivity contribution in [1.82, 2.24) is 14.9 Å². The van der Waals surface area contributed by atoms with Gasteiger partial charge in [-0.1, -0.05) is 12.1 Å². The minimum Gasteiger partial charge on any atom is -0.491 e. The molecule has 1 aliphatic heterocycles. The highest BCUT2D eigenvalue weighted by Crippen LogP contribution is 2.20. The maximum Gasteiger partial charge on any atom is 0.215 e. The Labute approximate surface area is 178 Å². The van der Waals surface area contributed by atoms with Gasteiger partial charge in [0.1, 0.15) is 12.4 Å². The Kier molecular flexibility index (Phi) is 10.1. The first-order valence-corrected chi connectivity index (χ1v) is 12.4. The summed E-state index contributed by atoms with van der Waals surface area (Å²) in [6.07, 6.45) is 0. The molecule has 164 valence electrons. The quantitative estimate of drug-likeness (QED) is 0.317. The summed E-state index contributed by atoms with van der Waals surface area (Å²) in [4.78, 5) is 4.18. The van der Waals surface area contributed by atoms with Crippen LogP contribution in [-0.2, 0) is 21.3 Å². The van der Waals surface area contributed by atoms with E-state index in [-0.39, 0.29) is 5.75 Å². The first kappa shape index (κ1) is 23.8. The summed E-state index contributed by atoms with van der Waals surface area (Å²) in [5, 5.41) is 6.30. The van der Waals surface area contributed by atoms with E-state index >= 15 is 0 Å². The number of methoxy groups -OCH3 is 1. The molecule has 10 heteroatoms. The van der Waals surface area contributed by atoms with Crippen molar-refractivity contribution in [3.05, 3.63) is 29.3 Å². The minimum absolute atomic E-state index is 0.0499. The third-order valence-electron chi connectivity index (χ3n) is 4.45. The van der Waals surface area contributed by atoms with Crippen LogP contribution in [0.4, 0.5) is 0 Å². The molecule has 1 aromatic rings. The summed E-state index contributed by atoms with van der Waals surface area (Å²) >= 11 is 1.79. The van der Waals surface area contributed by atoms with E-state index in [1.54, 1.807) is 30.2 Å². The van der Waals surface area contributed by atoms with Gasteiger partial charge < -0.3 is 20.1 Å². The number of aryl methyl sites for hydroxylation is 1. The smallest absolute Gasteiger partial charge is 0.215 e. The van der Waals surface area contributed by atoms with Gasteiger partial charge in [-0.25, -0.2) is 12.7 Å². The van der Waals surface area contributed by atoms with Crippen molar-refractivity contribution in [3.63, 3.8) is 0 Å². The fraction of sp³-hybridized carbons (Fsp3) is 0.632. The summed E-state index contributed by atoms with van der Waals surface area (Å²) in [6.45, 7) is 5.02. The van der Waals surface area contributed by atoms with Gasteiger partial charge in [-0.15, -0.1) is 0 Å². The molecule has 0 aromatic heterocycles. The van der Waals surface area contributed by atoms with Crippen LogP contribution in [0.5, 0.6) is 5.75 Å². The maximum absolute atomic E-state index is 12.4. The topological polar surface area (TPSA) is 92.3 Å². The molecule has 0 saturated carbocycles. The number of nitrogens with one attached hydrogen (secondary N) is 2. The van der Waals surface area contributed by atoms with E-state index in [2.05, 4.69) is 15.6 Å². The second kappa shape index (κ2) is 12.3. The monoisotopic (exact) mass is 444 g/mol. The molecule has 0 unspecified atom stereocenters. The Hall–Kier alpha value is -1.49. The van der Waals surface area contributed by atoms with Crippen LogP contribution in [0.2, 0.25) is 0 Å². The lowest BCUT2D eigenvalue weighted by atomic mass is 10.1. The van der Waals surface area contributed by atoms with Gasteiger partial charge in [0.15, 0.2) is 5.96 Å². The van der Waals surface area contributed by atoms with Crippen molar-refractivity contribution in [2.24, 2.45) is 4.99 Å². The third-order valence-corrected chi connectivity index (χ3v) is 7.27. The Bertz CT molecular complexity index is 765. The number of hydrogen-bond acceptors (Lipinski definition) is 6. The van der Waals surface area contributed by atoms with Crippen LogP contribution in [0.3, 0.4) is 0 Å². The molecular weight excluding hydrogens is 412 g/mol.